The molecule has 3 N–H and O–H groups in total. The van der Waals surface area contributed by atoms with E-state index < -0.39 is 6.10 Å². The Morgan fingerprint density at radius 2 is 2.23 bits per heavy atom. The van der Waals surface area contributed by atoms with Gasteiger partial charge in [-0.2, -0.15) is 0 Å². The maximum Gasteiger partial charge on any atom is 0.253 e. The highest BCUT2D eigenvalue weighted by Crippen LogP contribution is 2.22. The zero-order chi connectivity index (χ0) is 15.2. The summed E-state index contributed by atoms with van der Waals surface area (Å²) in [4.78, 5) is 12.1. The van der Waals surface area contributed by atoms with Gasteiger partial charge in [0.05, 0.1) is 12.7 Å². The number of hydrogen-bond donors (Lipinski definition) is 2. The molecule has 124 valence electrons. The van der Waals surface area contributed by atoms with E-state index in [2.05, 4.69) is 19.2 Å². The molecule has 1 heterocycles. The van der Waals surface area contributed by atoms with E-state index in [1.165, 1.54) is 0 Å². The molecule has 0 unspecified atom stereocenters. The Morgan fingerprint density at radius 1 is 1.45 bits per heavy atom. The number of rotatable bonds is 6. The van der Waals surface area contributed by atoms with Crippen LogP contribution in [0.2, 0.25) is 0 Å². The van der Waals surface area contributed by atoms with Gasteiger partial charge in [0, 0.05) is 18.3 Å². The van der Waals surface area contributed by atoms with Gasteiger partial charge in [-0.25, -0.2) is 0 Å². The van der Waals surface area contributed by atoms with E-state index in [9.17, 15) is 4.79 Å². The molecule has 0 aliphatic carbocycles. The first-order valence-corrected chi connectivity index (χ1v) is 7.47. The van der Waals surface area contributed by atoms with Crippen molar-refractivity contribution >= 4 is 24.0 Å². The number of halogens is 1. The van der Waals surface area contributed by atoms with Crippen molar-refractivity contribution in [3.8, 4) is 5.75 Å². The number of carbonyl (C=O) groups excluding carboxylic acids is 1. The van der Waals surface area contributed by atoms with Crippen LogP contribution in [0.5, 0.6) is 5.75 Å². The number of benzene rings is 1. The van der Waals surface area contributed by atoms with E-state index in [1.807, 2.05) is 24.3 Å². The summed E-state index contributed by atoms with van der Waals surface area (Å²) in [5.41, 5.74) is 6.28. The molecule has 1 aromatic carbocycles. The molecule has 0 bridgehead atoms. The molecule has 1 fully saturated rings. The summed E-state index contributed by atoms with van der Waals surface area (Å²) in [6.45, 7) is 5.30. The van der Waals surface area contributed by atoms with Gasteiger partial charge in [-0.15, -0.1) is 12.4 Å². The summed E-state index contributed by atoms with van der Waals surface area (Å²) in [6.07, 6.45) is 1.16. The topological polar surface area (TPSA) is 73.6 Å². The Bertz CT molecular complexity index is 482. The van der Waals surface area contributed by atoms with Gasteiger partial charge < -0.3 is 20.5 Å². The molecule has 22 heavy (non-hydrogen) atoms. The fourth-order valence-electron chi connectivity index (χ4n) is 2.22. The van der Waals surface area contributed by atoms with Gasteiger partial charge >= 0.3 is 0 Å². The molecule has 0 radical (unpaired) electrons. The summed E-state index contributed by atoms with van der Waals surface area (Å²) in [5.74, 6) is 1.10. The molecule has 2 atom stereocenters. The van der Waals surface area contributed by atoms with Crippen molar-refractivity contribution < 1.29 is 14.3 Å². The molecule has 1 saturated heterocycles. The predicted octanol–water partition coefficient (Wildman–Crippen LogP) is 2.59. The van der Waals surface area contributed by atoms with Gasteiger partial charge in [-0.05, 0) is 30.9 Å². The summed E-state index contributed by atoms with van der Waals surface area (Å²) >= 11 is 0. The Morgan fingerprint density at radius 3 is 2.86 bits per heavy atom. The second-order valence-corrected chi connectivity index (χ2v) is 5.78. The molecular formula is C16H25ClN2O3. The third kappa shape index (κ3) is 5.48. The van der Waals surface area contributed by atoms with Gasteiger partial charge in [0.15, 0.2) is 0 Å². The van der Waals surface area contributed by atoms with Crippen molar-refractivity contribution in [3.05, 3.63) is 24.3 Å². The first-order valence-electron chi connectivity index (χ1n) is 7.47. The van der Waals surface area contributed by atoms with Gasteiger partial charge in [0.2, 0.25) is 0 Å². The van der Waals surface area contributed by atoms with Crippen LogP contribution in [0.15, 0.2) is 24.3 Å². The minimum Gasteiger partial charge on any atom is -0.493 e. The lowest BCUT2D eigenvalue weighted by molar-refractivity contribution is -0.126. The molecule has 6 heteroatoms. The summed E-state index contributed by atoms with van der Waals surface area (Å²) in [7, 11) is 0. The number of carbonyl (C=O) groups is 1. The van der Waals surface area contributed by atoms with E-state index in [0.717, 1.165) is 24.3 Å². The normalized spacial score (nSPS) is 20.5. The SMILES string of the molecule is CC(C)COc1cccc(NC(=O)[C@@H]2CC[C@H](CN)O2)c1.Cl. The summed E-state index contributed by atoms with van der Waals surface area (Å²) < 4.78 is 11.2. The lowest BCUT2D eigenvalue weighted by Crippen LogP contribution is -2.29. The van der Waals surface area contributed by atoms with Crippen LogP contribution in [-0.4, -0.2) is 31.3 Å². The molecule has 0 saturated carbocycles. The molecule has 1 amide bonds. The minimum atomic E-state index is -0.404. The van der Waals surface area contributed by atoms with Crippen molar-refractivity contribution in [3.63, 3.8) is 0 Å². The summed E-state index contributed by atoms with van der Waals surface area (Å²) in [5, 5.41) is 2.87. The first-order chi connectivity index (χ1) is 10.1. The van der Waals surface area contributed by atoms with Crippen LogP contribution in [0, 0.1) is 5.92 Å². The molecular weight excluding hydrogens is 304 g/mol. The number of nitrogens with two attached hydrogens (primary N) is 1. The highest BCUT2D eigenvalue weighted by molar-refractivity contribution is 5.94. The van der Waals surface area contributed by atoms with Crippen molar-refractivity contribution in [1.29, 1.82) is 0 Å². The van der Waals surface area contributed by atoms with E-state index >= 15 is 0 Å². The Kier molecular flexibility index (Phi) is 7.65. The Hall–Kier alpha value is -1.30. The molecule has 0 spiro atoms. The molecule has 1 aliphatic rings. The van der Waals surface area contributed by atoms with Crippen LogP contribution in [0.25, 0.3) is 0 Å². The second kappa shape index (κ2) is 8.98. The molecule has 2 rings (SSSR count). The van der Waals surface area contributed by atoms with Crippen molar-refractivity contribution in [1.82, 2.24) is 0 Å². The van der Waals surface area contributed by atoms with E-state index in [1.54, 1.807) is 0 Å². The van der Waals surface area contributed by atoms with Crippen LogP contribution in [0.3, 0.4) is 0 Å². The molecule has 0 aromatic heterocycles. The highest BCUT2D eigenvalue weighted by atomic mass is 35.5. The predicted molar refractivity (Wildman–Crippen MR) is 89.6 cm³/mol. The van der Waals surface area contributed by atoms with Gasteiger partial charge in [0.1, 0.15) is 11.9 Å². The van der Waals surface area contributed by atoms with Crippen molar-refractivity contribution in [2.75, 3.05) is 18.5 Å². The van der Waals surface area contributed by atoms with Crippen molar-refractivity contribution in [2.45, 2.75) is 38.9 Å². The smallest absolute Gasteiger partial charge is 0.253 e. The summed E-state index contributed by atoms with van der Waals surface area (Å²) in [6, 6.07) is 7.42. The van der Waals surface area contributed by atoms with E-state index in [0.29, 0.717) is 19.1 Å². The second-order valence-electron chi connectivity index (χ2n) is 5.78. The molecule has 1 aliphatic heterocycles. The van der Waals surface area contributed by atoms with Crippen LogP contribution < -0.4 is 15.8 Å². The number of amides is 1. The van der Waals surface area contributed by atoms with E-state index in [4.69, 9.17) is 15.2 Å². The maximum atomic E-state index is 12.1. The molecule has 5 nitrogen and oxygen atoms in total. The largest absolute Gasteiger partial charge is 0.493 e. The van der Waals surface area contributed by atoms with Gasteiger partial charge in [0.25, 0.3) is 5.91 Å². The average Bonchev–Trinajstić information content (AvgIpc) is 2.94. The highest BCUT2D eigenvalue weighted by Gasteiger charge is 2.29. The molecule has 1 aromatic rings. The number of ether oxygens (including phenoxy) is 2. The third-order valence-corrected chi connectivity index (χ3v) is 3.35. The fourth-order valence-corrected chi connectivity index (χ4v) is 2.22. The number of nitrogens with one attached hydrogen (secondary N) is 1. The van der Waals surface area contributed by atoms with Gasteiger partial charge in [-0.3, -0.25) is 4.79 Å². The quantitative estimate of drug-likeness (QED) is 0.841. The monoisotopic (exact) mass is 328 g/mol. The van der Waals surface area contributed by atoms with Crippen LogP contribution in [-0.2, 0) is 9.53 Å². The van der Waals surface area contributed by atoms with E-state index in [-0.39, 0.29) is 24.4 Å². The van der Waals surface area contributed by atoms with Crippen LogP contribution >= 0.6 is 12.4 Å². The van der Waals surface area contributed by atoms with Crippen molar-refractivity contribution in [2.24, 2.45) is 11.7 Å². The minimum absolute atomic E-state index is 0. The first kappa shape index (κ1) is 18.7. The number of anilines is 1. The standard InChI is InChI=1S/C16H24N2O3.ClH/c1-11(2)10-20-13-5-3-4-12(8-13)18-16(19)15-7-6-14(9-17)21-15;/h3-5,8,11,14-15H,6-7,9-10,17H2,1-2H3,(H,18,19);1H/t14-,15+;/m1./s1. The van der Waals surface area contributed by atoms with Crippen LogP contribution in [0.1, 0.15) is 26.7 Å². The maximum absolute atomic E-state index is 12.1. The zero-order valence-electron chi connectivity index (χ0n) is 13.1. The Labute approximate surface area is 138 Å². The third-order valence-electron chi connectivity index (χ3n) is 3.35. The van der Waals surface area contributed by atoms with Gasteiger partial charge in [-0.1, -0.05) is 19.9 Å². The zero-order valence-corrected chi connectivity index (χ0v) is 13.9. The van der Waals surface area contributed by atoms with Crippen LogP contribution in [0.4, 0.5) is 5.69 Å². The number of hydrogen-bond acceptors (Lipinski definition) is 4. The fraction of sp³-hybridized carbons (Fsp3) is 0.562. The Balaban J connectivity index is 0.00000242. The average molecular weight is 329 g/mol. The lowest BCUT2D eigenvalue weighted by atomic mass is 10.2. The lowest BCUT2D eigenvalue weighted by Gasteiger charge is -2.14.